The summed E-state index contributed by atoms with van der Waals surface area (Å²) in [4.78, 5) is 13.8. The number of halogens is 1. The molecule has 3 aliphatic rings. The van der Waals surface area contributed by atoms with Crippen molar-refractivity contribution in [1.29, 1.82) is 0 Å². The average molecular weight is 211 g/mol. The van der Waals surface area contributed by atoms with Gasteiger partial charge in [0.1, 0.15) is 12.0 Å². The monoisotopic (exact) mass is 211 g/mol. The van der Waals surface area contributed by atoms with E-state index in [1.165, 1.54) is 0 Å². The zero-order valence-corrected chi connectivity index (χ0v) is 9.32. The molecule has 15 heavy (non-hydrogen) atoms. The van der Waals surface area contributed by atoms with Gasteiger partial charge in [0.2, 0.25) is 0 Å². The SMILES string of the molecule is CC(=O)[C@@H]1[C@H]2[C@H]3CC(F)[C@H](C3)[C@H]2CN1C. The van der Waals surface area contributed by atoms with E-state index in [4.69, 9.17) is 0 Å². The van der Waals surface area contributed by atoms with Crippen molar-refractivity contribution in [3.05, 3.63) is 0 Å². The number of carbonyl (C=O) groups is 1. The van der Waals surface area contributed by atoms with E-state index in [1.807, 2.05) is 7.05 Å². The molecule has 1 unspecified atom stereocenters. The third-order valence-electron chi connectivity index (χ3n) is 4.91. The summed E-state index contributed by atoms with van der Waals surface area (Å²) in [6.07, 6.45) is 1.16. The number of nitrogens with zero attached hydrogens (tertiary/aromatic N) is 1. The minimum absolute atomic E-state index is 0.0810. The Kier molecular flexibility index (Phi) is 1.97. The maximum Gasteiger partial charge on any atom is 0.147 e. The van der Waals surface area contributed by atoms with Crippen LogP contribution in [0.5, 0.6) is 0 Å². The molecule has 2 aliphatic carbocycles. The highest BCUT2D eigenvalue weighted by Crippen LogP contribution is 2.58. The number of hydrogen-bond donors (Lipinski definition) is 0. The second-order valence-corrected chi connectivity index (χ2v) is 5.65. The lowest BCUT2D eigenvalue weighted by Crippen LogP contribution is -2.38. The molecule has 0 aromatic carbocycles. The van der Waals surface area contributed by atoms with Gasteiger partial charge in [-0.05, 0) is 50.5 Å². The number of ketones is 1. The van der Waals surface area contributed by atoms with Gasteiger partial charge in [-0.2, -0.15) is 0 Å². The molecule has 84 valence electrons. The van der Waals surface area contributed by atoms with Crippen molar-refractivity contribution < 1.29 is 9.18 Å². The summed E-state index contributed by atoms with van der Waals surface area (Å²) in [5, 5.41) is 0. The lowest BCUT2D eigenvalue weighted by molar-refractivity contribution is -0.122. The van der Waals surface area contributed by atoms with Crippen LogP contribution in [-0.2, 0) is 4.79 Å². The van der Waals surface area contributed by atoms with Crippen LogP contribution in [0.1, 0.15) is 19.8 Å². The molecule has 0 aromatic rings. The Balaban J connectivity index is 1.90. The number of likely N-dealkylation sites (N-methyl/N-ethyl adjacent to an activating group) is 1. The Morgan fingerprint density at radius 3 is 2.73 bits per heavy atom. The van der Waals surface area contributed by atoms with Gasteiger partial charge in [-0.25, -0.2) is 4.39 Å². The van der Waals surface area contributed by atoms with Crippen molar-refractivity contribution in [2.75, 3.05) is 13.6 Å². The van der Waals surface area contributed by atoms with Gasteiger partial charge >= 0.3 is 0 Å². The minimum atomic E-state index is -0.588. The molecule has 2 bridgehead atoms. The second kappa shape index (κ2) is 3.03. The van der Waals surface area contributed by atoms with Crippen molar-refractivity contribution in [3.63, 3.8) is 0 Å². The highest BCUT2D eigenvalue weighted by Gasteiger charge is 2.59. The predicted molar refractivity (Wildman–Crippen MR) is 55.2 cm³/mol. The Morgan fingerprint density at radius 1 is 1.33 bits per heavy atom. The van der Waals surface area contributed by atoms with Gasteiger partial charge in [0.05, 0.1) is 6.04 Å². The minimum Gasteiger partial charge on any atom is -0.298 e. The van der Waals surface area contributed by atoms with Crippen LogP contribution in [0, 0.1) is 23.7 Å². The third kappa shape index (κ3) is 1.16. The third-order valence-corrected chi connectivity index (χ3v) is 4.91. The molecule has 1 aliphatic heterocycles. The van der Waals surface area contributed by atoms with Crippen LogP contribution < -0.4 is 0 Å². The smallest absolute Gasteiger partial charge is 0.147 e. The number of hydrogen-bond acceptors (Lipinski definition) is 2. The van der Waals surface area contributed by atoms with Gasteiger partial charge < -0.3 is 0 Å². The maximum absolute atomic E-state index is 13.6. The number of rotatable bonds is 1. The Hall–Kier alpha value is -0.440. The maximum atomic E-state index is 13.6. The van der Waals surface area contributed by atoms with E-state index in [0.717, 1.165) is 13.0 Å². The summed E-state index contributed by atoms with van der Waals surface area (Å²) in [5.41, 5.74) is 0. The summed E-state index contributed by atoms with van der Waals surface area (Å²) in [7, 11) is 2.01. The molecule has 3 heteroatoms. The van der Waals surface area contributed by atoms with Crippen molar-refractivity contribution >= 4 is 5.78 Å². The van der Waals surface area contributed by atoms with Gasteiger partial charge in [0.25, 0.3) is 0 Å². The van der Waals surface area contributed by atoms with Crippen LogP contribution in [0.4, 0.5) is 4.39 Å². The van der Waals surface area contributed by atoms with Crippen LogP contribution in [0.15, 0.2) is 0 Å². The fraction of sp³-hybridized carbons (Fsp3) is 0.917. The normalized spacial score (nSPS) is 53.5. The van der Waals surface area contributed by atoms with Gasteiger partial charge in [-0.1, -0.05) is 0 Å². The summed E-state index contributed by atoms with van der Waals surface area (Å²) in [6.45, 7) is 2.61. The Morgan fingerprint density at radius 2 is 2.07 bits per heavy atom. The molecule has 0 spiro atoms. The first-order valence-corrected chi connectivity index (χ1v) is 5.94. The summed E-state index contributed by atoms with van der Waals surface area (Å²) in [5.74, 6) is 1.93. The van der Waals surface area contributed by atoms with Crippen LogP contribution in [0.3, 0.4) is 0 Å². The van der Waals surface area contributed by atoms with E-state index < -0.39 is 6.17 Å². The molecule has 3 rings (SSSR count). The van der Waals surface area contributed by atoms with Crippen LogP contribution in [0.25, 0.3) is 0 Å². The lowest BCUT2D eigenvalue weighted by atomic mass is 9.77. The molecule has 0 N–H and O–H groups in total. The highest BCUT2D eigenvalue weighted by molar-refractivity contribution is 5.82. The van der Waals surface area contributed by atoms with Crippen molar-refractivity contribution in [2.45, 2.75) is 32.0 Å². The summed E-state index contributed by atoms with van der Waals surface area (Å²) >= 11 is 0. The first-order chi connectivity index (χ1) is 7.09. The van der Waals surface area contributed by atoms with E-state index in [9.17, 15) is 9.18 Å². The number of Topliss-reactive ketones (excluding diaryl/α,β-unsaturated/α-hetero) is 1. The Labute approximate surface area is 89.8 Å². The van der Waals surface area contributed by atoms with E-state index in [-0.39, 0.29) is 17.7 Å². The molecular formula is C12H18FNO. The molecule has 2 nitrogen and oxygen atoms in total. The number of likely N-dealkylation sites (tertiary alicyclic amines) is 1. The van der Waals surface area contributed by atoms with Gasteiger partial charge in [-0.15, -0.1) is 0 Å². The van der Waals surface area contributed by atoms with Crippen molar-refractivity contribution in [1.82, 2.24) is 4.90 Å². The highest BCUT2D eigenvalue weighted by atomic mass is 19.1. The van der Waals surface area contributed by atoms with Gasteiger partial charge in [0.15, 0.2) is 0 Å². The average Bonchev–Trinajstić information content (AvgIpc) is 2.72. The molecule has 3 fully saturated rings. The first kappa shape index (κ1) is 9.76. The topological polar surface area (TPSA) is 20.3 Å². The van der Waals surface area contributed by atoms with E-state index in [1.54, 1.807) is 6.92 Å². The van der Waals surface area contributed by atoms with Crippen LogP contribution in [-0.4, -0.2) is 36.5 Å². The quantitative estimate of drug-likeness (QED) is 0.655. The number of fused-ring (bicyclic) bond motifs is 5. The van der Waals surface area contributed by atoms with E-state index in [0.29, 0.717) is 24.2 Å². The number of carbonyl (C=O) groups excluding carboxylic acids is 1. The molecule has 1 saturated heterocycles. The fourth-order valence-electron chi connectivity index (χ4n) is 4.52. The zero-order valence-electron chi connectivity index (χ0n) is 9.32. The molecule has 1 heterocycles. The zero-order chi connectivity index (χ0) is 10.7. The molecule has 0 aromatic heterocycles. The standard InChI is InChI=1S/C12H18FNO/c1-6(15)12-11-7-3-8(10(13)4-7)9(11)5-14(12)2/h7-12H,3-5H2,1-2H3/t7-,8-,9-,10?,11+,12-/m1/s1. The first-order valence-electron chi connectivity index (χ1n) is 5.94. The molecule has 0 radical (unpaired) electrons. The summed E-state index contributed by atoms with van der Waals surface area (Å²) < 4.78 is 13.6. The predicted octanol–water partition coefficient (Wildman–Crippen LogP) is 1.50. The summed E-state index contributed by atoms with van der Waals surface area (Å²) in [6, 6.07) is 0.0810. The van der Waals surface area contributed by atoms with Gasteiger partial charge in [-0.3, -0.25) is 9.69 Å². The van der Waals surface area contributed by atoms with Gasteiger partial charge in [0, 0.05) is 6.54 Å². The molecule has 2 saturated carbocycles. The molecular weight excluding hydrogens is 193 g/mol. The molecule has 6 atom stereocenters. The van der Waals surface area contributed by atoms with Crippen LogP contribution >= 0.6 is 0 Å². The molecule has 0 amide bonds. The fourth-order valence-corrected chi connectivity index (χ4v) is 4.52. The van der Waals surface area contributed by atoms with Crippen LogP contribution in [0.2, 0.25) is 0 Å². The lowest BCUT2D eigenvalue weighted by Gasteiger charge is -2.29. The Bertz CT molecular complexity index is 306. The van der Waals surface area contributed by atoms with E-state index in [2.05, 4.69) is 4.90 Å². The van der Waals surface area contributed by atoms with Crippen molar-refractivity contribution in [2.24, 2.45) is 23.7 Å². The van der Waals surface area contributed by atoms with Crippen molar-refractivity contribution in [3.8, 4) is 0 Å². The number of alkyl halides is 1. The largest absolute Gasteiger partial charge is 0.298 e. The second-order valence-electron chi connectivity index (χ2n) is 5.65. The van der Waals surface area contributed by atoms with E-state index >= 15 is 0 Å².